The van der Waals surface area contributed by atoms with Crippen molar-refractivity contribution >= 4 is 11.4 Å². The molecule has 148 valence electrons. The van der Waals surface area contributed by atoms with E-state index in [1.165, 1.54) is 33.6 Å². The van der Waals surface area contributed by atoms with Crippen LogP contribution < -0.4 is 9.80 Å². The zero-order valence-corrected chi connectivity index (χ0v) is 17.3. The highest BCUT2D eigenvalue weighted by Crippen LogP contribution is 2.34. The summed E-state index contributed by atoms with van der Waals surface area (Å²) in [5, 5.41) is 0. The van der Waals surface area contributed by atoms with Gasteiger partial charge in [-0.05, 0) is 47.5 Å². The summed E-state index contributed by atoms with van der Waals surface area (Å²) in [6, 6.07) is 25.7. The van der Waals surface area contributed by atoms with Crippen LogP contribution in [0.25, 0.3) is 22.3 Å². The molecule has 0 N–H and O–H groups in total. The van der Waals surface area contributed by atoms with Crippen LogP contribution in [0.2, 0.25) is 0 Å². The zero-order valence-electron chi connectivity index (χ0n) is 17.3. The fourth-order valence-electron chi connectivity index (χ4n) is 4.22. The summed E-state index contributed by atoms with van der Waals surface area (Å²) in [6.45, 7) is 1.47. The van der Waals surface area contributed by atoms with E-state index >= 15 is 0 Å². The van der Waals surface area contributed by atoms with E-state index in [0.717, 1.165) is 24.5 Å². The van der Waals surface area contributed by atoms with Gasteiger partial charge in [-0.2, -0.15) is 0 Å². The molecule has 4 bridgehead atoms. The van der Waals surface area contributed by atoms with E-state index in [1.807, 2.05) is 12.4 Å². The largest absolute Gasteiger partial charge is 0.368 e. The lowest BCUT2D eigenvalue weighted by Crippen LogP contribution is -2.19. The van der Waals surface area contributed by atoms with Crippen LogP contribution in [0, 0.1) is 0 Å². The maximum atomic E-state index is 4.65. The van der Waals surface area contributed by atoms with Crippen molar-refractivity contribution in [1.29, 1.82) is 0 Å². The topological polar surface area (TPSA) is 32.3 Å². The van der Waals surface area contributed by atoms with Gasteiger partial charge in [-0.3, -0.25) is 9.97 Å². The van der Waals surface area contributed by atoms with E-state index in [9.17, 15) is 0 Å². The van der Waals surface area contributed by atoms with Crippen LogP contribution >= 0.6 is 0 Å². The molecule has 0 saturated carbocycles. The lowest BCUT2D eigenvalue weighted by Gasteiger charge is -2.25. The highest BCUT2D eigenvalue weighted by molar-refractivity contribution is 5.80. The molecular weight excluding hydrogens is 368 g/mol. The Labute approximate surface area is 177 Å². The number of anilines is 2. The highest BCUT2D eigenvalue weighted by atomic mass is 15.1. The van der Waals surface area contributed by atoms with Crippen molar-refractivity contribution in [3.63, 3.8) is 0 Å². The third kappa shape index (κ3) is 3.41. The van der Waals surface area contributed by atoms with Crippen molar-refractivity contribution in [2.24, 2.45) is 0 Å². The van der Waals surface area contributed by atoms with Gasteiger partial charge >= 0.3 is 0 Å². The van der Waals surface area contributed by atoms with Crippen LogP contribution in [-0.4, -0.2) is 24.1 Å². The molecule has 0 radical (unpaired) electrons. The summed E-state index contributed by atoms with van der Waals surface area (Å²) in [5.74, 6) is 0. The Kier molecular flexibility index (Phi) is 4.68. The number of hydrogen-bond donors (Lipinski definition) is 0. The Morgan fingerprint density at radius 2 is 1.03 bits per heavy atom. The zero-order chi connectivity index (χ0) is 20.5. The maximum Gasteiger partial charge on any atom is 0.0603 e. The average molecular weight is 393 g/mol. The minimum Gasteiger partial charge on any atom is -0.368 e. The number of pyridine rings is 2. The van der Waals surface area contributed by atoms with Gasteiger partial charge in [0.05, 0.1) is 24.5 Å². The highest BCUT2D eigenvalue weighted by Gasteiger charge is 2.15. The fourth-order valence-corrected chi connectivity index (χ4v) is 4.22. The molecule has 0 saturated heterocycles. The summed E-state index contributed by atoms with van der Waals surface area (Å²) in [7, 11) is 4.26. The van der Waals surface area contributed by atoms with Crippen LogP contribution in [-0.2, 0) is 13.1 Å². The summed E-state index contributed by atoms with van der Waals surface area (Å²) in [4.78, 5) is 13.8. The van der Waals surface area contributed by atoms with Gasteiger partial charge in [-0.1, -0.05) is 36.4 Å². The van der Waals surface area contributed by atoms with E-state index < -0.39 is 0 Å². The first-order chi connectivity index (χ1) is 14.7. The second kappa shape index (κ2) is 7.64. The smallest absolute Gasteiger partial charge is 0.0603 e. The summed E-state index contributed by atoms with van der Waals surface area (Å²) >= 11 is 0. The molecule has 0 unspecified atom stereocenters. The molecule has 4 nitrogen and oxygen atoms in total. The lowest BCUT2D eigenvalue weighted by molar-refractivity contribution is 0.879. The third-order valence-corrected chi connectivity index (χ3v) is 5.68. The number of rotatable bonds is 0. The van der Waals surface area contributed by atoms with Gasteiger partial charge in [-0.15, -0.1) is 0 Å². The quantitative estimate of drug-likeness (QED) is 0.401. The molecule has 0 spiro atoms. The normalized spacial score (nSPS) is 13.3. The minimum absolute atomic E-state index is 0.737. The van der Waals surface area contributed by atoms with Crippen molar-refractivity contribution in [2.45, 2.75) is 13.1 Å². The maximum absolute atomic E-state index is 4.65. The first kappa shape index (κ1) is 18.4. The average Bonchev–Trinajstić information content (AvgIpc) is 2.79. The van der Waals surface area contributed by atoms with E-state index in [1.54, 1.807) is 0 Å². The van der Waals surface area contributed by atoms with Crippen LogP contribution in [0.4, 0.5) is 11.4 Å². The number of para-hydroxylation sites is 2. The minimum atomic E-state index is 0.737. The number of aromatic nitrogens is 2. The van der Waals surface area contributed by atoms with E-state index in [2.05, 4.69) is 107 Å². The van der Waals surface area contributed by atoms with Gasteiger partial charge in [0.1, 0.15) is 0 Å². The van der Waals surface area contributed by atoms with Crippen LogP contribution in [0.1, 0.15) is 11.4 Å². The standard InChI is InChI=1S/C26H24N4/c1-29-17-21-15-20(12-13-27-21)24-8-4-6-10-26(24)30(2)18-22-16-19(11-14-28-22)23-7-3-5-9-25(23)29/h3-16H,17-18H2,1-2H3. The molecular formula is C26H24N4. The molecule has 4 aromatic rings. The van der Waals surface area contributed by atoms with Gasteiger partial charge < -0.3 is 9.80 Å². The Bertz CT molecular complexity index is 1110. The van der Waals surface area contributed by atoms with Crippen molar-refractivity contribution in [1.82, 2.24) is 9.97 Å². The van der Waals surface area contributed by atoms with Gasteiger partial charge in [0.15, 0.2) is 0 Å². The molecule has 30 heavy (non-hydrogen) atoms. The van der Waals surface area contributed by atoms with E-state index in [0.29, 0.717) is 0 Å². The fraction of sp³-hybridized carbons (Fsp3) is 0.154. The Morgan fingerprint density at radius 1 is 0.600 bits per heavy atom. The molecule has 2 aromatic heterocycles. The Hall–Kier alpha value is -3.66. The van der Waals surface area contributed by atoms with Crippen molar-refractivity contribution in [3.05, 3.63) is 96.6 Å². The molecule has 1 aliphatic rings. The number of hydrogen-bond acceptors (Lipinski definition) is 4. The number of nitrogens with zero attached hydrogens (tertiary/aromatic N) is 4. The lowest BCUT2D eigenvalue weighted by atomic mass is 10.0. The van der Waals surface area contributed by atoms with Gasteiger partial charge in [0, 0.05) is 49.0 Å². The summed E-state index contributed by atoms with van der Waals surface area (Å²) < 4.78 is 0. The molecule has 2 aromatic carbocycles. The molecule has 0 fully saturated rings. The van der Waals surface area contributed by atoms with Crippen LogP contribution in [0.3, 0.4) is 0 Å². The molecule has 1 aliphatic heterocycles. The van der Waals surface area contributed by atoms with Gasteiger partial charge in [0.2, 0.25) is 0 Å². The van der Waals surface area contributed by atoms with Gasteiger partial charge in [0.25, 0.3) is 0 Å². The van der Waals surface area contributed by atoms with Crippen LogP contribution in [0.5, 0.6) is 0 Å². The molecule has 0 atom stereocenters. The van der Waals surface area contributed by atoms with Crippen molar-refractivity contribution < 1.29 is 0 Å². The monoisotopic (exact) mass is 392 g/mol. The third-order valence-electron chi connectivity index (χ3n) is 5.68. The second-order valence-electron chi connectivity index (χ2n) is 7.82. The molecule has 0 aliphatic carbocycles. The van der Waals surface area contributed by atoms with Gasteiger partial charge in [-0.25, -0.2) is 0 Å². The van der Waals surface area contributed by atoms with E-state index in [-0.39, 0.29) is 0 Å². The predicted molar refractivity (Wildman–Crippen MR) is 124 cm³/mol. The van der Waals surface area contributed by atoms with E-state index in [4.69, 9.17) is 0 Å². The van der Waals surface area contributed by atoms with Crippen molar-refractivity contribution in [2.75, 3.05) is 23.9 Å². The molecule has 5 rings (SSSR count). The second-order valence-corrected chi connectivity index (χ2v) is 7.82. The molecule has 3 heterocycles. The predicted octanol–water partition coefficient (Wildman–Crippen LogP) is 5.40. The van der Waals surface area contributed by atoms with Crippen molar-refractivity contribution in [3.8, 4) is 22.3 Å². The SMILES string of the molecule is CN1Cc2cc(ccn2)-c2ccccc2N(C)Cc2cc(ccn2)-c2ccccc21. The number of fused-ring (bicyclic) bond motifs is 8. The Balaban J connectivity index is 1.71. The molecule has 0 amide bonds. The van der Waals surface area contributed by atoms with Crippen LogP contribution in [0.15, 0.2) is 85.2 Å². The molecule has 4 heteroatoms. The summed E-state index contributed by atoms with van der Waals surface area (Å²) in [6.07, 6.45) is 3.83. The number of benzene rings is 2. The first-order valence-electron chi connectivity index (χ1n) is 10.2. The Morgan fingerprint density at radius 3 is 1.50 bits per heavy atom. The first-order valence-corrected chi connectivity index (χ1v) is 10.2. The summed E-state index contributed by atoms with van der Waals surface area (Å²) in [5.41, 5.74) is 9.26.